The van der Waals surface area contributed by atoms with Gasteiger partial charge in [-0.25, -0.2) is 0 Å². The van der Waals surface area contributed by atoms with Gasteiger partial charge in [-0.15, -0.1) is 6.58 Å². The van der Waals surface area contributed by atoms with Gasteiger partial charge in [0.15, 0.2) is 0 Å². The summed E-state index contributed by atoms with van der Waals surface area (Å²) in [5.41, 5.74) is 0. The van der Waals surface area contributed by atoms with E-state index in [1.54, 1.807) is 6.08 Å². The predicted molar refractivity (Wildman–Crippen MR) is 54.6 cm³/mol. The fourth-order valence-corrected chi connectivity index (χ4v) is 1.51. The second-order valence-corrected chi connectivity index (χ2v) is 4.08. The van der Waals surface area contributed by atoms with Crippen LogP contribution in [0.3, 0.4) is 0 Å². The topological polar surface area (TPSA) is 37.3 Å². The molecule has 0 amide bonds. The number of carboxylic acids is 1. The molecule has 0 aromatic carbocycles. The van der Waals surface area contributed by atoms with Crippen LogP contribution in [0.25, 0.3) is 0 Å². The highest BCUT2D eigenvalue weighted by molar-refractivity contribution is 5.70. The van der Waals surface area contributed by atoms with Gasteiger partial charge in [0.1, 0.15) is 0 Å². The van der Waals surface area contributed by atoms with Gasteiger partial charge in [0, 0.05) is 0 Å². The van der Waals surface area contributed by atoms with Crippen molar-refractivity contribution in [3.8, 4) is 0 Å². The minimum Gasteiger partial charge on any atom is -0.481 e. The van der Waals surface area contributed by atoms with E-state index in [0.29, 0.717) is 5.92 Å². The average Bonchev–Trinajstić information content (AvgIpc) is 1.99. The first-order valence-electron chi connectivity index (χ1n) is 4.82. The van der Waals surface area contributed by atoms with Crippen LogP contribution in [0.1, 0.15) is 33.6 Å². The van der Waals surface area contributed by atoms with Crippen LogP contribution in [-0.2, 0) is 4.79 Å². The molecule has 0 aliphatic heterocycles. The van der Waals surface area contributed by atoms with E-state index in [1.807, 2.05) is 6.92 Å². The lowest BCUT2D eigenvalue weighted by Crippen LogP contribution is -2.23. The molecule has 0 saturated carbocycles. The molecule has 0 unspecified atom stereocenters. The van der Waals surface area contributed by atoms with Crippen molar-refractivity contribution in [1.29, 1.82) is 0 Å². The van der Waals surface area contributed by atoms with Gasteiger partial charge in [0.25, 0.3) is 0 Å². The minimum absolute atomic E-state index is 0.192. The second-order valence-electron chi connectivity index (χ2n) is 4.08. The van der Waals surface area contributed by atoms with E-state index >= 15 is 0 Å². The summed E-state index contributed by atoms with van der Waals surface area (Å²) in [5.74, 6) is -0.271. The molecule has 0 radical (unpaired) electrons. The molecule has 2 heteroatoms. The molecule has 0 aromatic rings. The maximum absolute atomic E-state index is 10.9. The van der Waals surface area contributed by atoms with Crippen LogP contribution >= 0.6 is 0 Å². The largest absolute Gasteiger partial charge is 0.481 e. The Hall–Kier alpha value is -0.790. The minimum atomic E-state index is -0.678. The molecule has 0 spiro atoms. The van der Waals surface area contributed by atoms with Crippen LogP contribution in [0.15, 0.2) is 12.7 Å². The second kappa shape index (κ2) is 5.79. The molecular formula is C11H20O2. The van der Waals surface area contributed by atoms with Crippen LogP contribution in [0.4, 0.5) is 0 Å². The van der Waals surface area contributed by atoms with E-state index < -0.39 is 5.97 Å². The molecule has 13 heavy (non-hydrogen) atoms. The molecule has 76 valence electrons. The molecule has 0 fully saturated rings. The van der Waals surface area contributed by atoms with Crippen LogP contribution in [-0.4, -0.2) is 11.1 Å². The maximum atomic E-state index is 10.9. The Labute approximate surface area is 80.7 Å². The Kier molecular flexibility index (Phi) is 5.44. The van der Waals surface area contributed by atoms with E-state index in [4.69, 9.17) is 5.11 Å². The van der Waals surface area contributed by atoms with Crippen molar-refractivity contribution in [3.05, 3.63) is 12.7 Å². The first-order chi connectivity index (χ1) is 5.99. The summed E-state index contributed by atoms with van der Waals surface area (Å²) in [6, 6.07) is 0. The standard InChI is InChI=1S/C11H20O2/c1-5-6-9(4)10(11(12)13)7-8(2)3/h5,8-10H,1,6-7H2,2-4H3,(H,12,13)/t9-,10-/m1/s1. The summed E-state index contributed by atoms with van der Waals surface area (Å²) in [7, 11) is 0. The number of carboxylic acid groups (broad SMARTS) is 1. The van der Waals surface area contributed by atoms with Crippen molar-refractivity contribution in [3.63, 3.8) is 0 Å². The quantitative estimate of drug-likeness (QED) is 0.644. The van der Waals surface area contributed by atoms with Gasteiger partial charge in [0.2, 0.25) is 0 Å². The van der Waals surface area contributed by atoms with Crippen molar-refractivity contribution in [2.45, 2.75) is 33.6 Å². The fourth-order valence-electron chi connectivity index (χ4n) is 1.51. The van der Waals surface area contributed by atoms with E-state index in [9.17, 15) is 4.79 Å². The molecule has 0 aliphatic carbocycles. The van der Waals surface area contributed by atoms with Crippen molar-refractivity contribution < 1.29 is 9.90 Å². The first-order valence-corrected chi connectivity index (χ1v) is 4.82. The van der Waals surface area contributed by atoms with E-state index in [1.165, 1.54) is 0 Å². The Balaban J connectivity index is 4.22. The fraction of sp³-hybridized carbons (Fsp3) is 0.727. The molecule has 2 nitrogen and oxygen atoms in total. The summed E-state index contributed by atoms with van der Waals surface area (Å²) >= 11 is 0. The van der Waals surface area contributed by atoms with E-state index in [-0.39, 0.29) is 11.8 Å². The smallest absolute Gasteiger partial charge is 0.306 e. The van der Waals surface area contributed by atoms with Gasteiger partial charge >= 0.3 is 5.97 Å². The van der Waals surface area contributed by atoms with Gasteiger partial charge in [0.05, 0.1) is 5.92 Å². The molecule has 0 saturated heterocycles. The Morgan fingerprint density at radius 1 is 1.46 bits per heavy atom. The van der Waals surface area contributed by atoms with Crippen LogP contribution in [0, 0.1) is 17.8 Å². The lowest BCUT2D eigenvalue weighted by Gasteiger charge is -2.20. The molecule has 0 heterocycles. The number of aliphatic carboxylic acids is 1. The summed E-state index contributed by atoms with van der Waals surface area (Å²) in [6.07, 6.45) is 3.33. The van der Waals surface area contributed by atoms with E-state index in [2.05, 4.69) is 20.4 Å². The molecule has 1 N–H and O–H groups in total. The van der Waals surface area contributed by atoms with Crippen LogP contribution in [0.5, 0.6) is 0 Å². The summed E-state index contributed by atoms with van der Waals surface area (Å²) in [4.78, 5) is 10.9. The van der Waals surface area contributed by atoms with Crippen LogP contribution < -0.4 is 0 Å². The average molecular weight is 184 g/mol. The van der Waals surface area contributed by atoms with Gasteiger partial charge in [-0.2, -0.15) is 0 Å². The van der Waals surface area contributed by atoms with Gasteiger partial charge < -0.3 is 5.11 Å². The summed E-state index contributed by atoms with van der Waals surface area (Å²) < 4.78 is 0. The highest BCUT2D eigenvalue weighted by Gasteiger charge is 2.24. The molecule has 2 atom stereocenters. The van der Waals surface area contributed by atoms with Crippen molar-refractivity contribution >= 4 is 5.97 Å². The van der Waals surface area contributed by atoms with Gasteiger partial charge in [-0.1, -0.05) is 26.8 Å². The zero-order valence-corrected chi connectivity index (χ0v) is 8.79. The zero-order chi connectivity index (χ0) is 10.4. The highest BCUT2D eigenvalue weighted by atomic mass is 16.4. The number of hydrogen-bond acceptors (Lipinski definition) is 1. The monoisotopic (exact) mass is 184 g/mol. The SMILES string of the molecule is C=CC[C@@H](C)[C@@H](CC(C)C)C(=O)O. The lowest BCUT2D eigenvalue weighted by atomic mass is 9.85. The van der Waals surface area contributed by atoms with Crippen LogP contribution in [0.2, 0.25) is 0 Å². The third kappa shape index (κ3) is 4.71. The number of rotatable bonds is 6. The molecular weight excluding hydrogens is 164 g/mol. The molecule has 0 bridgehead atoms. The maximum Gasteiger partial charge on any atom is 0.306 e. The Bertz CT molecular complexity index is 173. The van der Waals surface area contributed by atoms with Gasteiger partial charge in [-0.3, -0.25) is 4.79 Å². The van der Waals surface area contributed by atoms with Crippen molar-refractivity contribution in [2.24, 2.45) is 17.8 Å². The van der Waals surface area contributed by atoms with E-state index in [0.717, 1.165) is 12.8 Å². The lowest BCUT2D eigenvalue weighted by molar-refractivity contribution is -0.144. The first kappa shape index (κ1) is 12.2. The highest BCUT2D eigenvalue weighted by Crippen LogP contribution is 2.23. The normalized spacial score (nSPS) is 15.4. The summed E-state index contributed by atoms with van der Waals surface area (Å²) in [5, 5.41) is 8.98. The van der Waals surface area contributed by atoms with Crippen molar-refractivity contribution in [1.82, 2.24) is 0 Å². The predicted octanol–water partition coefficient (Wildman–Crippen LogP) is 2.95. The molecule has 0 aliphatic rings. The number of hydrogen-bond donors (Lipinski definition) is 1. The van der Waals surface area contributed by atoms with Crippen molar-refractivity contribution in [2.75, 3.05) is 0 Å². The third-order valence-corrected chi connectivity index (χ3v) is 2.27. The number of allylic oxidation sites excluding steroid dienone is 1. The summed E-state index contributed by atoms with van der Waals surface area (Å²) in [6.45, 7) is 9.71. The Morgan fingerprint density at radius 2 is 2.00 bits per heavy atom. The van der Waals surface area contributed by atoms with Gasteiger partial charge in [-0.05, 0) is 24.7 Å². The third-order valence-electron chi connectivity index (χ3n) is 2.27. The molecule has 0 aromatic heterocycles. The zero-order valence-electron chi connectivity index (χ0n) is 8.79. The Morgan fingerprint density at radius 3 is 2.31 bits per heavy atom. The number of carbonyl (C=O) groups is 1. The molecule has 0 rings (SSSR count).